The number of hydrogen-bond donors (Lipinski definition) is 1. The normalized spacial score (nSPS) is 16.9. The van der Waals surface area contributed by atoms with E-state index in [-0.39, 0.29) is 12.7 Å². The van der Waals surface area contributed by atoms with E-state index in [1.165, 1.54) is 31.3 Å². The number of amides is 1. The monoisotopic (exact) mass is 315 g/mol. The Balaban J connectivity index is 1.60. The van der Waals surface area contributed by atoms with Crippen LogP contribution >= 0.6 is 0 Å². The summed E-state index contributed by atoms with van der Waals surface area (Å²) in [6, 6.07) is 5.72. The molecule has 1 aromatic rings. The van der Waals surface area contributed by atoms with E-state index in [0.29, 0.717) is 6.54 Å². The number of fused-ring (bicyclic) bond motifs is 1. The number of rotatable bonds is 5. The third-order valence-electron chi connectivity index (χ3n) is 4.78. The molecule has 0 saturated heterocycles. The van der Waals surface area contributed by atoms with Crippen LogP contribution in [0, 0.1) is 0 Å². The number of allylic oxidation sites excluding steroid dienone is 1. The molecule has 1 aliphatic heterocycles. The molecule has 1 N–H and O–H groups in total. The second kappa shape index (κ2) is 6.65. The number of ether oxygens (including phenoxy) is 2. The molecule has 0 unspecified atom stereocenters. The van der Waals surface area contributed by atoms with E-state index in [9.17, 15) is 4.79 Å². The fraction of sp³-hybridized carbons (Fsp3) is 0.526. The van der Waals surface area contributed by atoms with Crippen molar-refractivity contribution in [1.82, 2.24) is 5.32 Å². The minimum Gasteiger partial charge on any atom is -0.454 e. The molecule has 0 bridgehead atoms. The van der Waals surface area contributed by atoms with Gasteiger partial charge in [0.25, 0.3) is 0 Å². The molecule has 0 atom stereocenters. The van der Waals surface area contributed by atoms with E-state index in [2.05, 4.69) is 11.4 Å². The maximum Gasteiger partial charge on any atom is 0.231 e. The van der Waals surface area contributed by atoms with Crippen molar-refractivity contribution in [3.63, 3.8) is 0 Å². The molecule has 1 aliphatic carbocycles. The highest BCUT2D eigenvalue weighted by molar-refractivity contribution is 5.87. The van der Waals surface area contributed by atoms with Crippen LogP contribution in [0.5, 0.6) is 11.5 Å². The van der Waals surface area contributed by atoms with Crippen molar-refractivity contribution in [2.24, 2.45) is 0 Å². The maximum absolute atomic E-state index is 12.6. The van der Waals surface area contributed by atoms with Gasteiger partial charge in [-0.05, 0) is 63.6 Å². The molecule has 4 nitrogen and oxygen atoms in total. The Hall–Kier alpha value is -1.97. The molecule has 23 heavy (non-hydrogen) atoms. The molecular weight excluding hydrogens is 290 g/mol. The van der Waals surface area contributed by atoms with Gasteiger partial charge in [-0.1, -0.05) is 17.7 Å². The first-order valence-electron chi connectivity index (χ1n) is 8.44. The smallest absolute Gasteiger partial charge is 0.231 e. The summed E-state index contributed by atoms with van der Waals surface area (Å²) < 4.78 is 10.7. The molecule has 0 radical (unpaired) electrons. The Bertz CT molecular complexity index is 619. The van der Waals surface area contributed by atoms with Crippen LogP contribution in [-0.4, -0.2) is 19.2 Å². The lowest BCUT2D eigenvalue weighted by molar-refractivity contribution is -0.125. The first kappa shape index (κ1) is 15.9. The van der Waals surface area contributed by atoms with Crippen LogP contribution in [0.3, 0.4) is 0 Å². The molecule has 0 fully saturated rings. The van der Waals surface area contributed by atoms with Crippen molar-refractivity contribution in [2.45, 2.75) is 51.4 Å². The molecule has 3 rings (SSSR count). The number of nitrogens with one attached hydrogen (secondary N) is 1. The van der Waals surface area contributed by atoms with Gasteiger partial charge in [-0.15, -0.1) is 0 Å². The summed E-state index contributed by atoms with van der Waals surface area (Å²) in [5, 5.41) is 3.08. The van der Waals surface area contributed by atoms with Gasteiger partial charge >= 0.3 is 0 Å². The van der Waals surface area contributed by atoms with Crippen molar-refractivity contribution in [3.8, 4) is 11.5 Å². The van der Waals surface area contributed by atoms with Gasteiger partial charge in [0.05, 0.1) is 5.41 Å². The van der Waals surface area contributed by atoms with Crippen LogP contribution in [-0.2, 0) is 10.2 Å². The Morgan fingerprint density at radius 2 is 2.04 bits per heavy atom. The van der Waals surface area contributed by atoms with Crippen LogP contribution < -0.4 is 14.8 Å². The number of benzene rings is 1. The maximum atomic E-state index is 12.6. The highest BCUT2D eigenvalue weighted by atomic mass is 16.7. The Labute approximate surface area is 137 Å². The van der Waals surface area contributed by atoms with Crippen LogP contribution in [0.1, 0.15) is 51.5 Å². The molecule has 124 valence electrons. The predicted molar refractivity (Wildman–Crippen MR) is 89.8 cm³/mol. The largest absolute Gasteiger partial charge is 0.454 e. The van der Waals surface area contributed by atoms with Crippen molar-refractivity contribution in [3.05, 3.63) is 35.4 Å². The minimum absolute atomic E-state index is 0.0489. The lowest BCUT2D eigenvalue weighted by Gasteiger charge is -2.25. The second-order valence-electron chi connectivity index (χ2n) is 6.81. The van der Waals surface area contributed by atoms with Crippen LogP contribution in [0.2, 0.25) is 0 Å². The summed E-state index contributed by atoms with van der Waals surface area (Å²) in [5.74, 6) is 1.51. The zero-order chi connectivity index (χ0) is 16.3. The third-order valence-corrected chi connectivity index (χ3v) is 4.78. The van der Waals surface area contributed by atoms with E-state index in [4.69, 9.17) is 9.47 Å². The van der Waals surface area contributed by atoms with Crippen LogP contribution in [0.4, 0.5) is 0 Å². The topological polar surface area (TPSA) is 47.6 Å². The predicted octanol–water partition coefficient (Wildman–Crippen LogP) is 3.70. The van der Waals surface area contributed by atoms with Gasteiger partial charge < -0.3 is 14.8 Å². The summed E-state index contributed by atoms with van der Waals surface area (Å²) in [5.41, 5.74) is 1.83. The van der Waals surface area contributed by atoms with E-state index < -0.39 is 5.41 Å². The van der Waals surface area contributed by atoms with E-state index in [0.717, 1.165) is 23.5 Å². The average Bonchev–Trinajstić information content (AvgIpc) is 3.03. The summed E-state index contributed by atoms with van der Waals surface area (Å²) in [6.45, 7) is 4.85. The first-order chi connectivity index (χ1) is 11.1. The third kappa shape index (κ3) is 3.52. The Morgan fingerprint density at radius 3 is 2.83 bits per heavy atom. The fourth-order valence-electron chi connectivity index (χ4n) is 3.11. The van der Waals surface area contributed by atoms with E-state index in [1.807, 2.05) is 32.0 Å². The minimum atomic E-state index is -0.595. The summed E-state index contributed by atoms with van der Waals surface area (Å²) in [4.78, 5) is 12.6. The van der Waals surface area contributed by atoms with Gasteiger partial charge in [-0.3, -0.25) is 4.79 Å². The summed E-state index contributed by atoms with van der Waals surface area (Å²) in [7, 11) is 0. The lowest BCUT2D eigenvalue weighted by atomic mass is 9.83. The molecule has 1 amide bonds. The number of carbonyl (C=O) groups is 1. The lowest BCUT2D eigenvalue weighted by Crippen LogP contribution is -2.40. The van der Waals surface area contributed by atoms with Crippen LogP contribution in [0.25, 0.3) is 0 Å². The van der Waals surface area contributed by atoms with Crippen molar-refractivity contribution in [2.75, 3.05) is 13.3 Å². The molecule has 2 aliphatic rings. The van der Waals surface area contributed by atoms with Gasteiger partial charge in [0.1, 0.15) is 0 Å². The van der Waals surface area contributed by atoms with Crippen molar-refractivity contribution >= 4 is 5.91 Å². The molecule has 0 saturated carbocycles. The molecular formula is C19H25NO3. The van der Waals surface area contributed by atoms with E-state index in [1.54, 1.807) is 0 Å². The van der Waals surface area contributed by atoms with Gasteiger partial charge in [-0.25, -0.2) is 0 Å². The van der Waals surface area contributed by atoms with Gasteiger partial charge in [-0.2, -0.15) is 0 Å². The SMILES string of the molecule is CC(C)(C(=O)NCCC1=CCCCC1)c1ccc2c(c1)OCO2. The highest BCUT2D eigenvalue weighted by Crippen LogP contribution is 2.36. The van der Waals surface area contributed by atoms with Gasteiger partial charge in [0.2, 0.25) is 12.7 Å². The van der Waals surface area contributed by atoms with Crippen LogP contribution in [0.15, 0.2) is 29.8 Å². The molecule has 0 aromatic heterocycles. The fourth-order valence-corrected chi connectivity index (χ4v) is 3.11. The number of hydrogen-bond acceptors (Lipinski definition) is 3. The van der Waals surface area contributed by atoms with Gasteiger partial charge in [0, 0.05) is 6.54 Å². The van der Waals surface area contributed by atoms with Gasteiger partial charge in [0.15, 0.2) is 11.5 Å². The zero-order valence-corrected chi connectivity index (χ0v) is 14.0. The molecule has 0 spiro atoms. The average molecular weight is 315 g/mol. The quantitative estimate of drug-likeness (QED) is 0.843. The highest BCUT2D eigenvalue weighted by Gasteiger charge is 2.31. The molecule has 4 heteroatoms. The van der Waals surface area contributed by atoms with E-state index >= 15 is 0 Å². The molecule has 1 heterocycles. The summed E-state index contributed by atoms with van der Waals surface area (Å²) >= 11 is 0. The standard InChI is InChI=1S/C19H25NO3/c1-19(2,15-8-9-16-17(12-15)23-13-22-16)18(21)20-11-10-14-6-4-3-5-7-14/h6,8-9,12H,3-5,7,10-11,13H2,1-2H3,(H,20,21). The zero-order valence-electron chi connectivity index (χ0n) is 14.0. The van der Waals surface area contributed by atoms with Crippen molar-refractivity contribution < 1.29 is 14.3 Å². The first-order valence-corrected chi connectivity index (χ1v) is 8.44. The molecule has 1 aromatic carbocycles. The number of carbonyl (C=O) groups excluding carboxylic acids is 1. The Kier molecular flexibility index (Phi) is 4.60. The Morgan fingerprint density at radius 1 is 1.22 bits per heavy atom. The second-order valence-corrected chi connectivity index (χ2v) is 6.81. The van der Waals surface area contributed by atoms with Crippen molar-refractivity contribution in [1.29, 1.82) is 0 Å². The summed E-state index contributed by atoms with van der Waals surface area (Å²) in [6.07, 6.45) is 8.24.